The molecule has 1 aromatic carbocycles. The minimum absolute atomic E-state index is 0.131. The van der Waals surface area contributed by atoms with Crippen LogP contribution in [0.25, 0.3) is 0 Å². The first-order valence-corrected chi connectivity index (χ1v) is 7.93. The number of carbonyl (C=O) groups excluding carboxylic acids is 1. The van der Waals surface area contributed by atoms with Gasteiger partial charge in [0.25, 0.3) is 0 Å². The van der Waals surface area contributed by atoms with E-state index in [2.05, 4.69) is 12.1 Å². The second kappa shape index (κ2) is 6.60. The number of ether oxygens (including phenoxy) is 1. The van der Waals surface area contributed by atoms with Gasteiger partial charge < -0.3 is 9.84 Å². The summed E-state index contributed by atoms with van der Waals surface area (Å²) in [7, 11) is 0. The second-order valence-corrected chi connectivity index (χ2v) is 7.28. The molecule has 1 N–H and O–H groups in total. The minimum atomic E-state index is -0.970. The summed E-state index contributed by atoms with van der Waals surface area (Å²) in [6.45, 7) is 7.78. The number of carboxylic acid groups (broad SMARTS) is 1. The molecular formula is C18H25NO4. The molecular weight excluding hydrogens is 294 g/mol. The van der Waals surface area contributed by atoms with Gasteiger partial charge in [0.1, 0.15) is 11.6 Å². The van der Waals surface area contributed by atoms with Gasteiger partial charge in [0.2, 0.25) is 0 Å². The standard InChI is InChI=1S/C18H25NO4/c1-12-5-7-13(8-6-12)9-14-10-15(16(20)21)19(11-14)17(22)23-18(2,3)4/h5-8,14-15H,9-11H2,1-4H3,(H,20,21)/t14?,15-/m1/s1. The summed E-state index contributed by atoms with van der Waals surface area (Å²) in [5.41, 5.74) is 1.73. The van der Waals surface area contributed by atoms with E-state index < -0.39 is 23.7 Å². The van der Waals surface area contributed by atoms with Crippen LogP contribution in [0.2, 0.25) is 0 Å². The highest BCUT2D eigenvalue weighted by atomic mass is 16.6. The Bertz CT molecular complexity index is 574. The predicted octanol–water partition coefficient (Wildman–Crippen LogP) is 3.25. The first-order chi connectivity index (χ1) is 10.7. The van der Waals surface area contributed by atoms with E-state index in [1.165, 1.54) is 10.5 Å². The molecule has 1 saturated heterocycles. The van der Waals surface area contributed by atoms with Gasteiger partial charge in [0.15, 0.2) is 0 Å². The Balaban J connectivity index is 2.06. The number of aryl methyl sites for hydroxylation is 1. The normalized spacial score (nSPS) is 21.3. The number of nitrogens with zero attached hydrogens (tertiary/aromatic N) is 1. The Morgan fingerprint density at radius 3 is 2.39 bits per heavy atom. The maximum Gasteiger partial charge on any atom is 0.411 e. The first-order valence-electron chi connectivity index (χ1n) is 7.93. The summed E-state index contributed by atoms with van der Waals surface area (Å²) in [4.78, 5) is 25.1. The molecule has 1 aliphatic rings. The average Bonchev–Trinajstić information content (AvgIpc) is 2.84. The van der Waals surface area contributed by atoms with Crippen molar-refractivity contribution in [2.24, 2.45) is 5.92 Å². The van der Waals surface area contributed by atoms with E-state index in [1.807, 2.05) is 19.1 Å². The van der Waals surface area contributed by atoms with Crippen LogP contribution in [0.4, 0.5) is 4.79 Å². The van der Waals surface area contributed by atoms with Crippen LogP contribution in [0.5, 0.6) is 0 Å². The van der Waals surface area contributed by atoms with E-state index in [1.54, 1.807) is 20.8 Å². The van der Waals surface area contributed by atoms with Crippen molar-refractivity contribution >= 4 is 12.1 Å². The van der Waals surface area contributed by atoms with Gasteiger partial charge in [-0.3, -0.25) is 4.90 Å². The third-order valence-corrected chi connectivity index (χ3v) is 3.95. The fraction of sp³-hybridized carbons (Fsp3) is 0.556. The van der Waals surface area contributed by atoms with E-state index in [0.29, 0.717) is 13.0 Å². The molecule has 5 nitrogen and oxygen atoms in total. The molecule has 5 heteroatoms. The van der Waals surface area contributed by atoms with E-state index in [4.69, 9.17) is 4.74 Å². The van der Waals surface area contributed by atoms with Crippen LogP contribution < -0.4 is 0 Å². The van der Waals surface area contributed by atoms with Crippen molar-refractivity contribution in [3.05, 3.63) is 35.4 Å². The Morgan fingerprint density at radius 2 is 1.87 bits per heavy atom. The molecule has 1 heterocycles. The fourth-order valence-electron chi connectivity index (χ4n) is 2.88. The van der Waals surface area contributed by atoms with Gasteiger partial charge in [0, 0.05) is 6.54 Å². The van der Waals surface area contributed by atoms with Crippen molar-refractivity contribution in [2.75, 3.05) is 6.54 Å². The molecule has 1 aliphatic heterocycles. The lowest BCUT2D eigenvalue weighted by Gasteiger charge is -2.26. The van der Waals surface area contributed by atoms with Crippen LogP contribution in [0, 0.1) is 12.8 Å². The van der Waals surface area contributed by atoms with E-state index >= 15 is 0 Å². The highest BCUT2D eigenvalue weighted by Crippen LogP contribution is 2.28. The van der Waals surface area contributed by atoms with Gasteiger partial charge in [-0.2, -0.15) is 0 Å². The SMILES string of the molecule is Cc1ccc(CC2C[C@H](C(=O)O)N(C(=O)OC(C)(C)C)C2)cc1. The van der Waals surface area contributed by atoms with Gasteiger partial charge in [0.05, 0.1) is 0 Å². The molecule has 2 atom stereocenters. The highest BCUT2D eigenvalue weighted by molar-refractivity contribution is 5.81. The van der Waals surface area contributed by atoms with Crippen molar-refractivity contribution in [3.8, 4) is 0 Å². The molecule has 23 heavy (non-hydrogen) atoms. The van der Waals surface area contributed by atoms with Crippen molar-refractivity contribution in [1.29, 1.82) is 0 Å². The molecule has 1 aromatic rings. The molecule has 2 rings (SSSR count). The highest BCUT2D eigenvalue weighted by Gasteiger charge is 2.41. The predicted molar refractivity (Wildman–Crippen MR) is 87.4 cm³/mol. The zero-order valence-electron chi connectivity index (χ0n) is 14.2. The lowest BCUT2D eigenvalue weighted by Crippen LogP contribution is -2.43. The second-order valence-electron chi connectivity index (χ2n) is 7.28. The molecule has 0 aliphatic carbocycles. The molecule has 0 saturated carbocycles. The number of carbonyl (C=O) groups is 2. The number of rotatable bonds is 3. The lowest BCUT2D eigenvalue weighted by atomic mass is 9.96. The average molecular weight is 319 g/mol. The molecule has 1 fully saturated rings. The summed E-state index contributed by atoms with van der Waals surface area (Å²) >= 11 is 0. The Hall–Kier alpha value is -2.04. The fourth-order valence-corrected chi connectivity index (χ4v) is 2.88. The zero-order valence-corrected chi connectivity index (χ0v) is 14.2. The molecule has 0 aromatic heterocycles. The third kappa shape index (κ3) is 4.71. The molecule has 1 amide bonds. The van der Waals surface area contributed by atoms with Crippen LogP contribution in [0.1, 0.15) is 38.3 Å². The maximum atomic E-state index is 12.3. The van der Waals surface area contributed by atoms with Crippen LogP contribution in [0.3, 0.4) is 0 Å². The van der Waals surface area contributed by atoms with Crippen molar-refractivity contribution in [1.82, 2.24) is 4.90 Å². The number of amides is 1. The van der Waals surface area contributed by atoms with E-state index in [-0.39, 0.29) is 5.92 Å². The molecule has 126 valence electrons. The number of likely N-dealkylation sites (tertiary alicyclic amines) is 1. The smallest absolute Gasteiger partial charge is 0.411 e. The lowest BCUT2D eigenvalue weighted by molar-refractivity contribution is -0.142. The molecule has 1 unspecified atom stereocenters. The maximum absolute atomic E-state index is 12.3. The van der Waals surface area contributed by atoms with Gasteiger partial charge in [-0.05, 0) is 52.0 Å². The number of benzene rings is 1. The number of hydrogen-bond donors (Lipinski definition) is 1. The van der Waals surface area contributed by atoms with Crippen LogP contribution in [-0.2, 0) is 16.0 Å². The first kappa shape index (κ1) is 17.3. The van der Waals surface area contributed by atoms with Gasteiger partial charge in [-0.15, -0.1) is 0 Å². The number of aliphatic carboxylic acids is 1. The Morgan fingerprint density at radius 1 is 1.26 bits per heavy atom. The van der Waals surface area contributed by atoms with Gasteiger partial charge >= 0.3 is 12.1 Å². The molecule has 0 radical (unpaired) electrons. The van der Waals surface area contributed by atoms with Crippen molar-refractivity contribution < 1.29 is 19.4 Å². The zero-order chi connectivity index (χ0) is 17.2. The monoisotopic (exact) mass is 319 g/mol. The van der Waals surface area contributed by atoms with Crippen molar-refractivity contribution in [2.45, 2.75) is 52.2 Å². The van der Waals surface area contributed by atoms with Crippen molar-refractivity contribution in [3.63, 3.8) is 0 Å². The summed E-state index contributed by atoms with van der Waals surface area (Å²) in [6.07, 6.45) is 0.683. The summed E-state index contributed by atoms with van der Waals surface area (Å²) < 4.78 is 5.34. The van der Waals surface area contributed by atoms with Crippen LogP contribution in [0.15, 0.2) is 24.3 Å². The largest absolute Gasteiger partial charge is 0.480 e. The molecule has 0 spiro atoms. The summed E-state index contributed by atoms with van der Waals surface area (Å²) in [6, 6.07) is 7.40. The van der Waals surface area contributed by atoms with Gasteiger partial charge in [-0.1, -0.05) is 29.8 Å². The molecule has 0 bridgehead atoms. The minimum Gasteiger partial charge on any atom is -0.480 e. The topological polar surface area (TPSA) is 66.8 Å². The number of carboxylic acids is 1. The van der Waals surface area contributed by atoms with E-state index in [9.17, 15) is 14.7 Å². The Labute approximate surface area is 137 Å². The third-order valence-electron chi connectivity index (χ3n) is 3.95. The van der Waals surface area contributed by atoms with Gasteiger partial charge in [-0.25, -0.2) is 9.59 Å². The summed E-state index contributed by atoms with van der Waals surface area (Å²) in [5, 5.41) is 9.40. The Kier molecular flexibility index (Phi) is 4.97. The van der Waals surface area contributed by atoms with Crippen LogP contribution >= 0.6 is 0 Å². The quantitative estimate of drug-likeness (QED) is 0.928. The van der Waals surface area contributed by atoms with E-state index in [0.717, 1.165) is 12.0 Å². The summed E-state index contributed by atoms with van der Waals surface area (Å²) in [5.74, 6) is -0.839. The number of hydrogen-bond acceptors (Lipinski definition) is 3. The van der Waals surface area contributed by atoms with Crippen LogP contribution in [-0.4, -0.2) is 40.3 Å².